The molecule has 1 aromatic carbocycles. The van der Waals surface area contributed by atoms with Crippen LogP contribution in [0.2, 0.25) is 0 Å². The van der Waals surface area contributed by atoms with E-state index in [1.807, 2.05) is 12.2 Å². The number of ether oxygens (including phenoxy) is 1. The minimum atomic E-state index is -0.136. The molecule has 0 fully saturated rings. The number of hydrogen-bond donors (Lipinski definition) is 2. The molecule has 1 amide bonds. The molecule has 0 unspecified atom stereocenters. The van der Waals surface area contributed by atoms with Crippen molar-refractivity contribution in [2.45, 2.75) is 12.5 Å². The third kappa shape index (κ3) is 3.36. The molecule has 19 heavy (non-hydrogen) atoms. The van der Waals surface area contributed by atoms with Gasteiger partial charge < -0.3 is 15.2 Å². The normalized spacial score (nSPS) is 21.4. The van der Waals surface area contributed by atoms with Crippen LogP contribution in [-0.4, -0.2) is 30.8 Å². The molecule has 1 aromatic rings. The van der Waals surface area contributed by atoms with Crippen LogP contribution >= 0.6 is 15.9 Å². The summed E-state index contributed by atoms with van der Waals surface area (Å²) in [6, 6.07) is 5.22. The molecule has 0 aromatic heterocycles. The van der Waals surface area contributed by atoms with Gasteiger partial charge in [0.25, 0.3) is 5.91 Å². The lowest BCUT2D eigenvalue weighted by atomic mass is 10.1. The quantitative estimate of drug-likeness (QED) is 0.834. The first-order chi connectivity index (χ1) is 9.13. The van der Waals surface area contributed by atoms with E-state index in [0.717, 1.165) is 6.42 Å². The number of carbonyl (C=O) groups excluding carboxylic acids is 1. The summed E-state index contributed by atoms with van der Waals surface area (Å²) >= 11 is 3.36. The number of nitrogens with one attached hydrogen (secondary N) is 1. The fourth-order valence-electron chi connectivity index (χ4n) is 2.07. The highest BCUT2D eigenvalue weighted by Gasteiger charge is 2.21. The van der Waals surface area contributed by atoms with E-state index < -0.39 is 0 Å². The number of methoxy groups -OCH3 is 1. The number of rotatable bonds is 4. The first-order valence-corrected chi connectivity index (χ1v) is 6.87. The van der Waals surface area contributed by atoms with Gasteiger partial charge in [0, 0.05) is 23.0 Å². The van der Waals surface area contributed by atoms with Crippen molar-refractivity contribution >= 4 is 21.8 Å². The Morgan fingerprint density at radius 2 is 2.32 bits per heavy atom. The first kappa shape index (κ1) is 14.1. The van der Waals surface area contributed by atoms with Gasteiger partial charge in [0.05, 0.1) is 12.7 Å². The Balaban J connectivity index is 2.03. The van der Waals surface area contributed by atoms with Crippen molar-refractivity contribution in [2.24, 2.45) is 5.92 Å². The lowest BCUT2D eigenvalue weighted by Gasteiger charge is -2.14. The number of aliphatic hydroxyl groups excluding tert-OH is 1. The Bertz CT molecular complexity index is 501. The maximum atomic E-state index is 12.1. The van der Waals surface area contributed by atoms with Crippen LogP contribution < -0.4 is 10.1 Å². The third-order valence-electron chi connectivity index (χ3n) is 3.14. The summed E-state index contributed by atoms with van der Waals surface area (Å²) in [5.41, 5.74) is 0.571. The lowest BCUT2D eigenvalue weighted by Crippen LogP contribution is -2.33. The molecule has 0 bridgehead atoms. The zero-order valence-corrected chi connectivity index (χ0v) is 12.2. The third-order valence-corrected chi connectivity index (χ3v) is 3.80. The molecule has 5 heteroatoms. The minimum absolute atomic E-state index is 0.0151. The molecule has 1 aliphatic rings. The maximum absolute atomic E-state index is 12.1. The van der Waals surface area contributed by atoms with Crippen molar-refractivity contribution in [1.29, 1.82) is 0 Å². The van der Waals surface area contributed by atoms with Crippen LogP contribution in [0.4, 0.5) is 0 Å². The van der Waals surface area contributed by atoms with Crippen molar-refractivity contribution in [1.82, 2.24) is 5.32 Å². The Kier molecular flexibility index (Phi) is 4.61. The number of aliphatic hydroxyl groups is 1. The van der Waals surface area contributed by atoms with Gasteiger partial charge in [-0.1, -0.05) is 12.2 Å². The van der Waals surface area contributed by atoms with Crippen LogP contribution in [-0.2, 0) is 0 Å². The molecule has 102 valence electrons. The zero-order valence-electron chi connectivity index (χ0n) is 10.6. The van der Waals surface area contributed by atoms with Gasteiger partial charge >= 0.3 is 0 Å². The van der Waals surface area contributed by atoms with Crippen LogP contribution in [0.1, 0.15) is 16.8 Å². The van der Waals surface area contributed by atoms with Crippen LogP contribution in [0.25, 0.3) is 0 Å². The van der Waals surface area contributed by atoms with Gasteiger partial charge in [0.1, 0.15) is 5.75 Å². The summed E-state index contributed by atoms with van der Waals surface area (Å²) in [5.74, 6) is 0.705. The summed E-state index contributed by atoms with van der Waals surface area (Å²) in [4.78, 5) is 12.1. The molecule has 2 rings (SSSR count). The van der Waals surface area contributed by atoms with Crippen molar-refractivity contribution in [3.05, 3.63) is 40.4 Å². The minimum Gasteiger partial charge on any atom is -0.497 e. The zero-order chi connectivity index (χ0) is 13.8. The van der Waals surface area contributed by atoms with E-state index in [4.69, 9.17) is 9.84 Å². The molecule has 0 radical (unpaired) electrons. The van der Waals surface area contributed by atoms with Crippen molar-refractivity contribution < 1.29 is 14.6 Å². The van der Waals surface area contributed by atoms with Crippen LogP contribution in [0.15, 0.2) is 34.8 Å². The predicted molar refractivity (Wildman–Crippen MR) is 76.3 cm³/mol. The molecule has 2 N–H and O–H groups in total. The van der Waals surface area contributed by atoms with Crippen LogP contribution in [0.5, 0.6) is 5.75 Å². The van der Waals surface area contributed by atoms with Gasteiger partial charge in [0.15, 0.2) is 0 Å². The number of amides is 1. The van der Waals surface area contributed by atoms with Gasteiger partial charge in [-0.15, -0.1) is 0 Å². The second-order valence-corrected chi connectivity index (χ2v) is 5.34. The molecule has 0 heterocycles. The van der Waals surface area contributed by atoms with Gasteiger partial charge in [-0.2, -0.15) is 0 Å². The van der Waals surface area contributed by atoms with Crippen molar-refractivity contribution in [3.8, 4) is 5.75 Å². The van der Waals surface area contributed by atoms with E-state index in [1.54, 1.807) is 25.3 Å². The summed E-state index contributed by atoms with van der Waals surface area (Å²) in [5, 5.41) is 12.0. The maximum Gasteiger partial charge on any atom is 0.252 e. The number of halogens is 1. The molecule has 0 saturated carbocycles. The van der Waals surface area contributed by atoms with Gasteiger partial charge in [0.2, 0.25) is 0 Å². The van der Waals surface area contributed by atoms with Gasteiger partial charge in [-0.3, -0.25) is 4.79 Å². The number of benzene rings is 1. The second kappa shape index (κ2) is 6.21. The second-order valence-electron chi connectivity index (χ2n) is 4.49. The van der Waals surface area contributed by atoms with E-state index in [9.17, 15) is 4.79 Å². The molecular formula is C14H16BrNO3. The largest absolute Gasteiger partial charge is 0.497 e. The Morgan fingerprint density at radius 1 is 1.53 bits per heavy atom. The van der Waals surface area contributed by atoms with E-state index in [0.29, 0.717) is 15.8 Å². The Labute approximate surface area is 120 Å². The average molecular weight is 326 g/mol. The standard InChI is InChI=1S/C14H16BrNO3/c1-19-11-4-5-12(13(15)7-11)14(18)16-10-3-2-9(6-10)8-17/h2-5,7,9-10,17H,6,8H2,1H3,(H,16,18)/t9-,10+/m0/s1. The summed E-state index contributed by atoms with van der Waals surface area (Å²) in [7, 11) is 1.58. The van der Waals surface area contributed by atoms with Crippen LogP contribution in [0, 0.1) is 5.92 Å². The highest BCUT2D eigenvalue weighted by Crippen LogP contribution is 2.24. The monoisotopic (exact) mass is 325 g/mol. The fourth-order valence-corrected chi connectivity index (χ4v) is 2.61. The molecule has 1 aliphatic carbocycles. The molecule has 2 atom stereocenters. The molecule has 0 aliphatic heterocycles. The Hall–Kier alpha value is -1.33. The van der Waals surface area contributed by atoms with Crippen molar-refractivity contribution in [2.75, 3.05) is 13.7 Å². The first-order valence-electron chi connectivity index (χ1n) is 6.07. The SMILES string of the molecule is COc1ccc(C(=O)N[C@@H]2C=C[C@H](CO)C2)c(Br)c1. The molecular weight excluding hydrogens is 310 g/mol. The summed E-state index contributed by atoms with van der Waals surface area (Å²) in [6.45, 7) is 0.120. The number of carbonyl (C=O) groups is 1. The van der Waals surface area contributed by atoms with Gasteiger partial charge in [-0.25, -0.2) is 0 Å². The van der Waals surface area contributed by atoms with E-state index in [-0.39, 0.29) is 24.5 Å². The summed E-state index contributed by atoms with van der Waals surface area (Å²) < 4.78 is 5.79. The average Bonchev–Trinajstić information content (AvgIpc) is 2.86. The van der Waals surface area contributed by atoms with Gasteiger partial charge in [-0.05, 0) is 40.5 Å². The topological polar surface area (TPSA) is 58.6 Å². The van der Waals surface area contributed by atoms with E-state index >= 15 is 0 Å². The Morgan fingerprint density at radius 3 is 2.89 bits per heavy atom. The summed E-state index contributed by atoms with van der Waals surface area (Å²) in [6.07, 6.45) is 4.61. The van der Waals surface area contributed by atoms with E-state index in [2.05, 4.69) is 21.2 Å². The molecule has 0 saturated heterocycles. The highest BCUT2D eigenvalue weighted by atomic mass is 79.9. The van der Waals surface area contributed by atoms with Crippen LogP contribution in [0.3, 0.4) is 0 Å². The molecule has 0 spiro atoms. The highest BCUT2D eigenvalue weighted by molar-refractivity contribution is 9.10. The van der Waals surface area contributed by atoms with Crippen molar-refractivity contribution in [3.63, 3.8) is 0 Å². The molecule has 4 nitrogen and oxygen atoms in total. The smallest absolute Gasteiger partial charge is 0.252 e. The van der Waals surface area contributed by atoms with E-state index in [1.165, 1.54) is 0 Å². The predicted octanol–water partition coefficient (Wildman–Crippen LogP) is 2.12. The number of hydrogen-bond acceptors (Lipinski definition) is 3. The fraction of sp³-hybridized carbons (Fsp3) is 0.357. The lowest BCUT2D eigenvalue weighted by molar-refractivity contribution is 0.0940.